The zero-order valence-electron chi connectivity index (χ0n) is 18.4. The third kappa shape index (κ3) is 4.65. The van der Waals surface area contributed by atoms with Crippen LogP contribution in [0, 0.1) is 0 Å². The number of amidine groups is 1. The van der Waals surface area contributed by atoms with Crippen LogP contribution in [0.5, 0.6) is 0 Å². The summed E-state index contributed by atoms with van der Waals surface area (Å²) < 4.78 is 0. The highest BCUT2D eigenvalue weighted by atomic mass is 35.5. The van der Waals surface area contributed by atoms with E-state index in [0.717, 1.165) is 42.7 Å². The van der Waals surface area contributed by atoms with Crippen LogP contribution >= 0.6 is 24.8 Å². The van der Waals surface area contributed by atoms with Gasteiger partial charge in [0.15, 0.2) is 11.7 Å². The Morgan fingerprint density at radius 1 is 1.16 bits per heavy atom. The lowest BCUT2D eigenvalue weighted by molar-refractivity contribution is 0.226. The first-order valence-electron chi connectivity index (χ1n) is 11.3. The predicted octanol–water partition coefficient (Wildman–Crippen LogP) is 4.48. The van der Waals surface area contributed by atoms with E-state index in [1.54, 1.807) is 0 Å². The number of fused-ring (bicyclic) bond motifs is 3. The minimum absolute atomic E-state index is 0. The van der Waals surface area contributed by atoms with Crippen molar-refractivity contribution in [3.63, 3.8) is 0 Å². The number of aromatic amines is 1. The number of aromatic nitrogens is 2. The lowest BCUT2D eigenvalue weighted by Gasteiger charge is -2.32. The minimum Gasteiger partial charge on any atom is -0.337 e. The summed E-state index contributed by atoms with van der Waals surface area (Å²) in [5.41, 5.74) is 2.18. The normalized spacial score (nSPS) is 19.8. The zero-order valence-corrected chi connectivity index (χ0v) is 20.1. The van der Waals surface area contributed by atoms with Gasteiger partial charge >= 0.3 is 6.03 Å². The van der Waals surface area contributed by atoms with Crippen LogP contribution in [0.3, 0.4) is 0 Å². The van der Waals surface area contributed by atoms with Crippen LogP contribution in [0.15, 0.2) is 35.3 Å². The van der Waals surface area contributed by atoms with Crippen molar-refractivity contribution in [2.45, 2.75) is 57.5 Å². The Hall–Kier alpha value is -2.09. The quantitative estimate of drug-likeness (QED) is 0.615. The standard InChI is InChI=1S/C23H30N6O.2ClH/c1-2-12-28-22-19(26-20(27-22)17-10-6-7-11-17)21-25-18(15-29(21)23(28)30)14-24-13-16-8-4-3-5-9-16;;/h3-5,8-9,17-18,24H,2,6-7,10-15H2,1H3,(H,26,27);2*1H. The number of urea groups is 1. The van der Waals surface area contributed by atoms with Crippen molar-refractivity contribution < 1.29 is 4.79 Å². The van der Waals surface area contributed by atoms with Crippen LogP contribution < -0.4 is 10.2 Å². The van der Waals surface area contributed by atoms with Gasteiger partial charge in [0, 0.05) is 25.6 Å². The number of halogens is 2. The zero-order chi connectivity index (χ0) is 20.5. The van der Waals surface area contributed by atoms with Gasteiger partial charge in [0.25, 0.3) is 0 Å². The molecule has 174 valence electrons. The van der Waals surface area contributed by atoms with Gasteiger partial charge in [-0.25, -0.2) is 9.78 Å². The molecule has 9 heteroatoms. The highest BCUT2D eigenvalue weighted by molar-refractivity contribution is 6.18. The predicted molar refractivity (Wildman–Crippen MR) is 133 cm³/mol. The van der Waals surface area contributed by atoms with Crippen molar-refractivity contribution in [2.24, 2.45) is 4.99 Å². The summed E-state index contributed by atoms with van der Waals surface area (Å²) in [7, 11) is 0. The molecule has 1 saturated carbocycles. The van der Waals surface area contributed by atoms with Crippen molar-refractivity contribution in [2.75, 3.05) is 24.5 Å². The number of imidazole rings is 1. The lowest BCUT2D eigenvalue weighted by Crippen LogP contribution is -2.51. The Balaban J connectivity index is 0.00000144. The third-order valence-corrected chi connectivity index (χ3v) is 6.34. The second kappa shape index (κ2) is 10.7. The Morgan fingerprint density at radius 2 is 1.91 bits per heavy atom. The van der Waals surface area contributed by atoms with Crippen LogP contribution in [0.25, 0.3) is 0 Å². The number of carbonyl (C=O) groups is 1. The molecule has 2 amide bonds. The number of hydrogen-bond acceptors (Lipinski definition) is 4. The van der Waals surface area contributed by atoms with Crippen LogP contribution in [0.4, 0.5) is 10.6 Å². The molecule has 5 rings (SSSR count). The van der Waals surface area contributed by atoms with Gasteiger partial charge in [-0.15, -0.1) is 24.8 Å². The first kappa shape index (κ1) is 24.6. The second-order valence-corrected chi connectivity index (χ2v) is 8.57. The molecule has 3 aliphatic rings. The number of benzene rings is 1. The minimum atomic E-state index is 0. The van der Waals surface area contributed by atoms with Crippen molar-refractivity contribution in [3.05, 3.63) is 47.4 Å². The van der Waals surface area contributed by atoms with E-state index in [1.165, 1.54) is 31.2 Å². The van der Waals surface area contributed by atoms with Crippen molar-refractivity contribution >= 4 is 42.5 Å². The molecule has 1 aromatic heterocycles. The van der Waals surface area contributed by atoms with Gasteiger partial charge in [0.05, 0.1) is 12.6 Å². The van der Waals surface area contributed by atoms with Crippen LogP contribution in [0.1, 0.15) is 62.0 Å². The van der Waals surface area contributed by atoms with E-state index in [9.17, 15) is 4.79 Å². The number of H-pyrrole nitrogens is 1. The fourth-order valence-corrected chi connectivity index (χ4v) is 4.83. The summed E-state index contributed by atoms with van der Waals surface area (Å²) in [6, 6.07) is 10.4. The molecular formula is C23H32Cl2N6O. The van der Waals surface area contributed by atoms with Crippen molar-refractivity contribution in [1.82, 2.24) is 20.2 Å². The Morgan fingerprint density at radius 3 is 2.62 bits per heavy atom. The van der Waals surface area contributed by atoms with E-state index < -0.39 is 0 Å². The fraction of sp³-hybridized carbons (Fsp3) is 0.522. The molecule has 1 atom stereocenters. The number of amides is 2. The average Bonchev–Trinajstić information content (AvgIpc) is 3.50. The third-order valence-electron chi connectivity index (χ3n) is 6.34. The van der Waals surface area contributed by atoms with Crippen LogP contribution in [0.2, 0.25) is 0 Å². The Bertz CT molecular complexity index is 941. The van der Waals surface area contributed by atoms with Crippen LogP contribution in [-0.2, 0) is 6.54 Å². The topological polar surface area (TPSA) is 76.6 Å². The molecule has 2 aliphatic heterocycles. The maximum absolute atomic E-state index is 13.2. The molecular weight excluding hydrogens is 447 g/mol. The molecule has 2 N–H and O–H groups in total. The SMILES string of the molecule is CCCN1C(=O)N2CC(CNCc3ccccc3)N=C2c2[nH]c(C3CCCC3)nc21.Cl.Cl. The van der Waals surface area contributed by atoms with E-state index in [2.05, 4.69) is 41.5 Å². The van der Waals surface area contributed by atoms with Gasteiger partial charge in [-0.1, -0.05) is 50.1 Å². The smallest absolute Gasteiger partial charge is 0.331 e. The summed E-state index contributed by atoms with van der Waals surface area (Å²) in [5.74, 6) is 3.05. The van der Waals surface area contributed by atoms with Gasteiger partial charge in [-0.05, 0) is 24.8 Å². The second-order valence-electron chi connectivity index (χ2n) is 8.57. The summed E-state index contributed by atoms with van der Waals surface area (Å²) >= 11 is 0. The van der Waals surface area contributed by atoms with Gasteiger partial charge in [-0.3, -0.25) is 14.8 Å². The Labute approximate surface area is 201 Å². The number of anilines is 1. The molecule has 2 aromatic rings. The lowest BCUT2D eigenvalue weighted by atomic mass is 10.1. The molecule has 3 heterocycles. The first-order valence-corrected chi connectivity index (χ1v) is 11.3. The first-order chi connectivity index (χ1) is 14.7. The van der Waals surface area contributed by atoms with E-state index >= 15 is 0 Å². The maximum Gasteiger partial charge on any atom is 0.331 e. The molecule has 1 unspecified atom stereocenters. The molecule has 0 saturated heterocycles. The molecule has 0 radical (unpaired) electrons. The largest absolute Gasteiger partial charge is 0.337 e. The number of rotatable bonds is 7. The highest BCUT2D eigenvalue weighted by Gasteiger charge is 2.42. The molecule has 7 nitrogen and oxygen atoms in total. The highest BCUT2D eigenvalue weighted by Crippen LogP contribution is 2.37. The summed E-state index contributed by atoms with van der Waals surface area (Å²) in [4.78, 5) is 30.3. The Kier molecular flexibility index (Phi) is 8.20. The van der Waals surface area contributed by atoms with E-state index in [0.29, 0.717) is 19.0 Å². The van der Waals surface area contributed by atoms with E-state index in [-0.39, 0.29) is 36.9 Å². The van der Waals surface area contributed by atoms with E-state index in [4.69, 9.17) is 9.98 Å². The molecule has 32 heavy (non-hydrogen) atoms. The monoisotopic (exact) mass is 478 g/mol. The molecule has 1 fully saturated rings. The summed E-state index contributed by atoms with van der Waals surface area (Å²) in [6.45, 7) is 4.95. The number of carbonyl (C=O) groups excluding carboxylic acids is 1. The van der Waals surface area contributed by atoms with E-state index in [1.807, 2.05) is 15.9 Å². The maximum atomic E-state index is 13.2. The van der Waals surface area contributed by atoms with Gasteiger partial charge < -0.3 is 10.3 Å². The summed E-state index contributed by atoms with van der Waals surface area (Å²) in [6.07, 6.45) is 5.78. The summed E-state index contributed by atoms with van der Waals surface area (Å²) in [5, 5.41) is 3.49. The molecule has 1 aliphatic carbocycles. The number of nitrogens with zero attached hydrogens (tertiary/aromatic N) is 4. The number of aliphatic imine (C=N–C) groups is 1. The molecule has 0 bridgehead atoms. The van der Waals surface area contributed by atoms with Gasteiger partial charge in [-0.2, -0.15) is 0 Å². The van der Waals surface area contributed by atoms with Gasteiger partial charge in [0.2, 0.25) is 0 Å². The molecule has 1 aromatic carbocycles. The van der Waals surface area contributed by atoms with Gasteiger partial charge in [0.1, 0.15) is 11.5 Å². The van der Waals surface area contributed by atoms with Crippen LogP contribution in [-0.4, -0.2) is 52.4 Å². The number of nitrogens with one attached hydrogen (secondary N) is 2. The number of hydrogen-bond donors (Lipinski definition) is 2. The van der Waals surface area contributed by atoms with Crippen molar-refractivity contribution in [3.8, 4) is 0 Å². The van der Waals surface area contributed by atoms with Crippen molar-refractivity contribution in [1.29, 1.82) is 0 Å². The average molecular weight is 479 g/mol. The molecule has 0 spiro atoms. The fourth-order valence-electron chi connectivity index (χ4n) is 4.83.